The van der Waals surface area contributed by atoms with E-state index in [1.165, 1.54) is 10.9 Å². The molecule has 3 heterocycles. The van der Waals surface area contributed by atoms with Gasteiger partial charge in [0.05, 0.1) is 12.9 Å². The summed E-state index contributed by atoms with van der Waals surface area (Å²) in [5, 5.41) is 32.6. The molecule has 0 aliphatic carbocycles. The van der Waals surface area contributed by atoms with E-state index in [0.717, 1.165) is 5.69 Å². The van der Waals surface area contributed by atoms with E-state index in [2.05, 4.69) is 20.3 Å². The molecule has 4 N–H and O–H groups in total. The van der Waals surface area contributed by atoms with Gasteiger partial charge in [-0.1, -0.05) is 29.8 Å². The summed E-state index contributed by atoms with van der Waals surface area (Å²) in [6.07, 6.45) is -2.92. The van der Waals surface area contributed by atoms with Gasteiger partial charge in [-0.3, -0.25) is 4.57 Å². The third kappa shape index (κ3) is 2.89. The van der Waals surface area contributed by atoms with Crippen LogP contribution < -0.4 is 5.32 Å². The maximum absolute atomic E-state index is 10.2. The summed E-state index contributed by atoms with van der Waals surface area (Å²) >= 11 is 6.21. The minimum Gasteiger partial charge on any atom is -0.394 e. The number of aliphatic hydroxyl groups is 3. The van der Waals surface area contributed by atoms with Crippen LogP contribution in [-0.4, -0.2) is 59.8 Å². The molecule has 2 aromatic heterocycles. The molecule has 4 atom stereocenters. The normalized spacial score (nSPS) is 25.7. The summed E-state index contributed by atoms with van der Waals surface area (Å²) in [7, 11) is 0. The summed E-state index contributed by atoms with van der Waals surface area (Å²) in [6, 6.07) is 9.33. The van der Waals surface area contributed by atoms with E-state index in [4.69, 9.17) is 16.3 Å². The van der Waals surface area contributed by atoms with Crippen molar-refractivity contribution in [1.82, 2.24) is 19.5 Å². The molecule has 26 heavy (non-hydrogen) atoms. The van der Waals surface area contributed by atoms with Crippen LogP contribution in [0, 0.1) is 0 Å². The zero-order valence-corrected chi connectivity index (χ0v) is 14.2. The van der Waals surface area contributed by atoms with Crippen molar-refractivity contribution in [2.75, 3.05) is 11.9 Å². The van der Waals surface area contributed by atoms with Crippen LogP contribution in [0.15, 0.2) is 36.7 Å². The number of rotatable bonds is 4. The van der Waals surface area contributed by atoms with E-state index >= 15 is 0 Å². The summed E-state index contributed by atoms with van der Waals surface area (Å²) in [6.45, 7) is -0.419. The number of aromatic nitrogens is 4. The van der Waals surface area contributed by atoms with Crippen LogP contribution >= 0.6 is 11.6 Å². The Labute approximate surface area is 152 Å². The van der Waals surface area contributed by atoms with Crippen molar-refractivity contribution >= 4 is 34.4 Å². The molecule has 1 aromatic carbocycles. The van der Waals surface area contributed by atoms with Gasteiger partial charge in [-0.2, -0.15) is 9.97 Å². The maximum Gasteiger partial charge on any atom is 0.230 e. The van der Waals surface area contributed by atoms with Crippen LogP contribution in [0.5, 0.6) is 0 Å². The van der Waals surface area contributed by atoms with Crippen molar-refractivity contribution in [3.8, 4) is 0 Å². The molecule has 0 radical (unpaired) electrons. The van der Waals surface area contributed by atoms with Crippen molar-refractivity contribution in [2.45, 2.75) is 24.5 Å². The Morgan fingerprint density at radius 3 is 2.62 bits per heavy atom. The van der Waals surface area contributed by atoms with Gasteiger partial charge >= 0.3 is 0 Å². The minimum atomic E-state index is -1.25. The summed E-state index contributed by atoms with van der Waals surface area (Å²) < 4.78 is 7.00. The number of nitrogens with zero attached hydrogens (tertiary/aromatic N) is 4. The second-order valence-electron chi connectivity index (χ2n) is 5.88. The van der Waals surface area contributed by atoms with Gasteiger partial charge in [-0.15, -0.1) is 0 Å². The molecule has 0 spiro atoms. The van der Waals surface area contributed by atoms with Gasteiger partial charge in [-0.05, 0) is 12.1 Å². The van der Waals surface area contributed by atoms with E-state index in [-0.39, 0.29) is 11.1 Å². The standard InChI is InChI=1S/C16H16ClN5O4/c17-13-10-14(21-16(20-13)19-8-4-2-1-3-5-8)22(7-18-10)15-12(25)11(24)9(6-23)26-15/h1-5,7,9,11-12,15,23-25H,6H2,(H,19,20,21)/t9-,11+,12?,15-/m0/s1. The first-order valence-corrected chi connectivity index (χ1v) is 8.31. The Bertz CT molecular complexity index is 922. The molecule has 1 aliphatic heterocycles. The summed E-state index contributed by atoms with van der Waals surface area (Å²) in [5.74, 6) is 0.252. The van der Waals surface area contributed by atoms with E-state index in [9.17, 15) is 15.3 Å². The fourth-order valence-corrected chi connectivity index (χ4v) is 3.10. The SMILES string of the molecule is OC[C@@H]1O[C@H](n2cnc3c(Cl)nc(Nc4ccccc4)nc32)C(O)[C@@H]1O. The van der Waals surface area contributed by atoms with Crippen LogP contribution in [0.3, 0.4) is 0 Å². The smallest absolute Gasteiger partial charge is 0.230 e. The molecular formula is C16H16ClN5O4. The molecular weight excluding hydrogens is 362 g/mol. The second kappa shape index (κ2) is 6.78. The highest BCUT2D eigenvalue weighted by Crippen LogP contribution is 2.32. The molecule has 1 saturated heterocycles. The van der Waals surface area contributed by atoms with E-state index in [0.29, 0.717) is 11.2 Å². The second-order valence-corrected chi connectivity index (χ2v) is 6.24. The quantitative estimate of drug-likeness (QED) is 0.493. The number of para-hydroxylation sites is 1. The molecule has 0 amide bonds. The first-order valence-electron chi connectivity index (χ1n) is 7.93. The van der Waals surface area contributed by atoms with Crippen LogP contribution in [0.4, 0.5) is 11.6 Å². The molecule has 1 unspecified atom stereocenters. The zero-order chi connectivity index (χ0) is 18.3. The molecule has 0 saturated carbocycles. The predicted octanol–water partition coefficient (Wildman–Crippen LogP) is 0.835. The van der Waals surface area contributed by atoms with Crippen LogP contribution in [0.2, 0.25) is 5.15 Å². The van der Waals surface area contributed by atoms with E-state index < -0.39 is 31.1 Å². The topological polar surface area (TPSA) is 126 Å². The Morgan fingerprint density at radius 2 is 1.92 bits per heavy atom. The van der Waals surface area contributed by atoms with Gasteiger partial charge in [0.25, 0.3) is 0 Å². The fraction of sp³-hybridized carbons (Fsp3) is 0.312. The van der Waals surface area contributed by atoms with E-state index in [1.54, 1.807) is 0 Å². The molecule has 9 nitrogen and oxygen atoms in total. The van der Waals surface area contributed by atoms with Gasteiger partial charge in [0.2, 0.25) is 5.95 Å². The van der Waals surface area contributed by atoms with E-state index in [1.807, 2.05) is 30.3 Å². The summed E-state index contributed by atoms with van der Waals surface area (Å²) in [4.78, 5) is 12.7. The Kier molecular flexibility index (Phi) is 4.47. The van der Waals surface area contributed by atoms with Crippen molar-refractivity contribution in [3.05, 3.63) is 41.8 Å². The van der Waals surface area contributed by atoms with Crippen LogP contribution in [0.25, 0.3) is 11.2 Å². The molecule has 136 valence electrons. The number of aliphatic hydroxyl groups excluding tert-OH is 3. The average molecular weight is 378 g/mol. The monoisotopic (exact) mass is 377 g/mol. The number of nitrogens with one attached hydrogen (secondary N) is 1. The number of hydrogen-bond acceptors (Lipinski definition) is 8. The Hall–Kier alpha value is -2.30. The Balaban J connectivity index is 1.73. The first-order chi connectivity index (χ1) is 12.6. The average Bonchev–Trinajstić information content (AvgIpc) is 3.18. The highest BCUT2D eigenvalue weighted by atomic mass is 35.5. The number of imidazole rings is 1. The van der Waals surface area contributed by atoms with Gasteiger partial charge in [0.15, 0.2) is 17.0 Å². The van der Waals surface area contributed by atoms with Crippen LogP contribution in [-0.2, 0) is 4.74 Å². The zero-order valence-electron chi connectivity index (χ0n) is 13.4. The lowest BCUT2D eigenvalue weighted by molar-refractivity contribution is -0.0511. The van der Waals surface area contributed by atoms with Gasteiger partial charge < -0.3 is 25.4 Å². The highest BCUT2D eigenvalue weighted by molar-refractivity contribution is 6.33. The summed E-state index contributed by atoms with van der Waals surface area (Å²) in [5.41, 5.74) is 1.45. The molecule has 1 fully saturated rings. The molecule has 0 bridgehead atoms. The van der Waals surface area contributed by atoms with Crippen molar-refractivity contribution in [3.63, 3.8) is 0 Å². The Morgan fingerprint density at radius 1 is 1.15 bits per heavy atom. The predicted molar refractivity (Wildman–Crippen MR) is 93.1 cm³/mol. The lowest BCUT2D eigenvalue weighted by Crippen LogP contribution is -2.33. The first kappa shape index (κ1) is 17.1. The van der Waals surface area contributed by atoms with Gasteiger partial charge in [0.1, 0.15) is 23.8 Å². The van der Waals surface area contributed by atoms with Crippen molar-refractivity contribution in [2.24, 2.45) is 0 Å². The fourth-order valence-electron chi connectivity index (χ4n) is 2.88. The largest absolute Gasteiger partial charge is 0.394 e. The highest BCUT2D eigenvalue weighted by Gasteiger charge is 2.44. The van der Waals surface area contributed by atoms with Gasteiger partial charge in [-0.25, -0.2) is 4.98 Å². The van der Waals surface area contributed by atoms with Crippen LogP contribution in [0.1, 0.15) is 6.23 Å². The molecule has 4 rings (SSSR count). The number of halogens is 1. The minimum absolute atomic E-state index is 0.138. The third-order valence-electron chi connectivity index (χ3n) is 4.20. The lowest BCUT2D eigenvalue weighted by atomic mass is 10.1. The van der Waals surface area contributed by atoms with Crippen molar-refractivity contribution in [1.29, 1.82) is 0 Å². The maximum atomic E-state index is 10.2. The number of fused-ring (bicyclic) bond motifs is 1. The lowest BCUT2D eigenvalue weighted by Gasteiger charge is -2.16. The molecule has 10 heteroatoms. The number of anilines is 2. The molecule has 3 aromatic rings. The molecule has 1 aliphatic rings. The third-order valence-corrected chi connectivity index (χ3v) is 4.46. The van der Waals surface area contributed by atoms with Crippen molar-refractivity contribution < 1.29 is 20.1 Å². The number of ether oxygens (including phenoxy) is 1. The number of hydrogen-bond donors (Lipinski definition) is 4. The number of benzene rings is 1. The van der Waals surface area contributed by atoms with Gasteiger partial charge in [0, 0.05) is 5.69 Å².